The predicted octanol–water partition coefficient (Wildman–Crippen LogP) is 12.5. The third kappa shape index (κ3) is 37.2. The lowest BCUT2D eigenvalue weighted by Gasteiger charge is -2.26. The van der Waals surface area contributed by atoms with Gasteiger partial charge in [0.1, 0.15) is 0 Å². The minimum Gasteiger partial charge on any atom is -0.466 e. The fourth-order valence-electron chi connectivity index (χ4n) is 7.12. The summed E-state index contributed by atoms with van der Waals surface area (Å²) in [5.41, 5.74) is 7.94. The van der Waals surface area contributed by atoms with Crippen LogP contribution in [0.5, 0.6) is 0 Å². The molecular formula is C53H91N3O6. The zero-order valence-electron chi connectivity index (χ0n) is 39.9. The average molecular weight is 866 g/mol. The number of unbranched alkanes of at least 4 members (excludes halogenated alkanes) is 12. The van der Waals surface area contributed by atoms with Gasteiger partial charge in [-0.15, -0.1) is 0 Å². The van der Waals surface area contributed by atoms with Crippen molar-refractivity contribution in [3.05, 3.63) is 66.3 Å². The molecule has 0 bridgehead atoms. The van der Waals surface area contributed by atoms with Crippen LogP contribution < -0.4 is 5.73 Å². The number of nitrogens with zero attached hydrogens (tertiary/aromatic N) is 2. The summed E-state index contributed by atoms with van der Waals surface area (Å²) in [6.07, 6.45) is 38.5. The lowest BCUT2D eigenvalue weighted by Crippen LogP contribution is -2.33. The smallest absolute Gasteiger partial charge is 0.305 e. The Balaban J connectivity index is 2.65. The molecule has 62 heavy (non-hydrogen) atoms. The van der Waals surface area contributed by atoms with Gasteiger partial charge in [-0.3, -0.25) is 14.4 Å². The van der Waals surface area contributed by atoms with Crippen LogP contribution in [0.2, 0.25) is 0 Å². The lowest BCUT2D eigenvalue weighted by molar-refractivity contribution is -0.144. The van der Waals surface area contributed by atoms with Crippen molar-refractivity contribution in [1.29, 1.82) is 0 Å². The van der Waals surface area contributed by atoms with E-state index in [-0.39, 0.29) is 17.9 Å². The number of hydrogen-bond acceptors (Lipinski definition) is 9. The zero-order chi connectivity index (χ0) is 45.0. The van der Waals surface area contributed by atoms with Gasteiger partial charge in [-0.05, 0) is 160 Å². The Hall–Kier alpha value is -3.43. The fraction of sp³-hybridized carbons (Fsp3) is 0.717. The van der Waals surface area contributed by atoms with Crippen molar-refractivity contribution < 1.29 is 28.6 Å². The van der Waals surface area contributed by atoms with Gasteiger partial charge in [0, 0.05) is 31.5 Å². The van der Waals surface area contributed by atoms with E-state index in [1.54, 1.807) is 0 Å². The molecule has 0 aliphatic rings. The SMILES string of the molecule is CCCCC/C=C\CCCOC(=O)CCCN(CCCC(=O)OCCC/C=C\CCCCC)CCCN(CCCC(=O)OCCC/C=C\CCCCC)CCc1ccc(N)cc1. The van der Waals surface area contributed by atoms with Crippen molar-refractivity contribution in [2.75, 3.05) is 64.8 Å². The summed E-state index contributed by atoms with van der Waals surface area (Å²) >= 11 is 0. The van der Waals surface area contributed by atoms with Crippen molar-refractivity contribution in [2.24, 2.45) is 0 Å². The molecule has 0 unspecified atom stereocenters. The summed E-state index contributed by atoms with van der Waals surface area (Å²) in [4.78, 5) is 42.6. The normalized spacial score (nSPS) is 11.8. The number of carbonyl (C=O) groups is 3. The van der Waals surface area contributed by atoms with Crippen LogP contribution in [0.1, 0.15) is 187 Å². The van der Waals surface area contributed by atoms with Crippen LogP contribution in [-0.4, -0.2) is 86.8 Å². The van der Waals surface area contributed by atoms with Crippen LogP contribution in [-0.2, 0) is 35.0 Å². The highest BCUT2D eigenvalue weighted by Crippen LogP contribution is 2.11. The Labute approximate surface area is 379 Å². The summed E-state index contributed by atoms with van der Waals surface area (Å²) in [7, 11) is 0. The molecule has 1 aromatic carbocycles. The van der Waals surface area contributed by atoms with Gasteiger partial charge < -0.3 is 29.7 Å². The highest BCUT2D eigenvalue weighted by Gasteiger charge is 2.13. The van der Waals surface area contributed by atoms with Crippen molar-refractivity contribution in [2.45, 2.75) is 188 Å². The Morgan fingerprint density at radius 3 is 1.11 bits per heavy atom. The summed E-state index contributed by atoms with van der Waals surface area (Å²) in [6.45, 7) is 13.0. The van der Waals surface area contributed by atoms with E-state index in [1.807, 2.05) is 12.1 Å². The van der Waals surface area contributed by atoms with Crippen LogP contribution in [0.25, 0.3) is 0 Å². The van der Waals surface area contributed by atoms with E-state index in [2.05, 4.69) is 79.2 Å². The molecular weight excluding hydrogens is 775 g/mol. The molecule has 0 heterocycles. The molecule has 2 N–H and O–H groups in total. The third-order valence-electron chi connectivity index (χ3n) is 11.0. The van der Waals surface area contributed by atoms with Crippen LogP contribution >= 0.6 is 0 Å². The van der Waals surface area contributed by atoms with Crippen molar-refractivity contribution >= 4 is 23.6 Å². The number of hydrogen-bond donors (Lipinski definition) is 1. The molecule has 1 rings (SSSR count). The number of rotatable bonds is 43. The molecule has 0 atom stereocenters. The molecule has 0 saturated heterocycles. The van der Waals surface area contributed by atoms with E-state index in [1.165, 1.54) is 63.4 Å². The van der Waals surface area contributed by atoms with Gasteiger partial charge in [0.25, 0.3) is 0 Å². The number of benzene rings is 1. The molecule has 0 aliphatic heterocycles. The summed E-state index contributed by atoms with van der Waals surface area (Å²) in [6, 6.07) is 8.07. The highest BCUT2D eigenvalue weighted by molar-refractivity contribution is 5.70. The molecule has 0 aromatic heterocycles. The summed E-state index contributed by atoms with van der Waals surface area (Å²) < 4.78 is 16.7. The number of anilines is 1. The first-order valence-electron chi connectivity index (χ1n) is 25.1. The Morgan fingerprint density at radius 2 is 0.758 bits per heavy atom. The van der Waals surface area contributed by atoms with E-state index in [0.717, 1.165) is 122 Å². The highest BCUT2D eigenvalue weighted by atomic mass is 16.5. The number of allylic oxidation sites excluding steroid dienone is 6. The molecule has 0 saturated carbocycles. The average Bonchev–Trinajstić information content (AvgIpc) is 3.26. The molecule has 9 heteroatoms. The first-order chi connectivity index (χ1) is 30.4. The molecule has 354 valence electrons. The van der Waals surface area contributed by atoms with Gasteiger partial charge in [-0.25, -0.2) is 0 Å². The van der Waals surface area contributed by atoms with Crippen LogP contribution in [0.4, 0.5) is 5.69 Å². The summed E-state index contributed by atoms with van der Waals surface area (Å²) in [5.74, 6) is -0.403. The van der Waals surface area contributed by atoms with Gasteiger partial charge in [0.15, 0.2) is 0 Å². The molecule has 0 amide bonds. The van der Waals surface area contributed by atoms with Crippen LogP contribution in [0.15, 0.2) is 60.7 Å². The second kappa shape index (κ2) is 42.9. The van der Waals surface area contributed by atoms with E-state index in [4.69, 9.17) is 19.9 Å². The molecule has 0 fully saturated rings. The maximum Gasteiger partial charge on any atom is 0.305 e. The van der Waals surface area contributed by atoms with E-state index < -0.39 is 0 Å². The predicted molar refractivity (Wildman–Crippen MR) is 260 cm³/mol. The second-order valence-electron chi connectivity index (χ2n) is 16.8. The molecule has 0 radical (unpaired) electrons. The maximum absolute atomic E-state index is 12.6. The molecule has 0 spiro atoms. The number of esters is 3. The number of nitrogens with two attached hydrogens (primary N) is 1. The number of carbonyl (C=O) groups excluding carboxylic acids is 3. The third-order valence-corrected chi connectivity index (χ3v) is 11.0. The first kappa shape index (κ1) is 56.6. The lowest BCUT2D eigenvalue weighted by atomic mass is 10.1. The quantitative estimate of drug-likeness (QED) is 0.0225. The number of nitrogen functional groups attached to an aromatic ring is 1. The fourth-order valence-corrected chi connectivity index (χ4v) is 7.12. The van der Waals surface area contributed by atoms with Crippen molar-refractivity contribution in [1.82, 2.24) is 9.80 Å². The molecule has 9 nitrogen and oxygen atoms in total. The van der Waals surface area contributed by atoms with E-state index >= 15 is 0 Å². The second-order valence-corrected chi connectivity index (χ2v) is 16.8. The molecule has 1 aromatic rings. The largest absolute Gasteiger partial charge is 0.466 e. The first-order valence-corrected chi connectivity index (χ1v) is 25.1. The minimum atomic E-state index is -0.140. The van der Waals surface area contributed by atoms with Crippen LogP contribution in [0, 0.1) is 0 Å². The Bertz CT molecular complexity index is 1250. The van der Waals surface area contributed by atoms with Crippen molar-refractivity contribution in [3.63, 3.8) is 0 Å². The zero-order valence-corrected chi connectivity index (χ0v) is 39.9. The minimum absolute atomic E-state index is 0.122. The Kier molecular flexibility index (Phi) is 39.1. The van der Waals surface area contributed by atoms with Crippen LogP contribution in [0.3, 0.4) is 0 Å². The van der Waals surface area contributed by atoms with E-state index in [0.29, 0.717) is 51.9 Å². The van der Waals surface area contributed by atoms with Gasteiger partial charge in [-0.1, -0.05) is 108 Å². The topological polar surface area (TPSA) is 111 Å². The van der Waals surface area contributed by atoms with Gasteiger partial charge in [0.2, 0.25) is 0 Å². The maximum atomic E-state index is 12.6. The van der Waals surface area contributed by atoms with Gasteiger partial charge in [0.05, 0.1) is 19.8 Å². The van der Waals surface area contributed by atoms with Crippen molar-refractivity contribution in [3.8, 4) is 0 Å². The van der Waals surface area contributed by atoms with E-state index in [9.17, 15) is 14.4 Å². The molecule has 0 aliphatic carbocycles. The Morgan fingerprint density at radius 1 is 0.435 bits per heavy atom. The van der Waals surface area contributed by atoms with Gasteiger partial charge >= 0.3 is 17.9 Å². The monoisotopic (exact) mass is 866 g/mol. The summed E-state index contributed by atoms with van der Waals surface area (Å²) in [5, 5.41) is 0. The van der Waals surface area contributed by atoms with Gasteiger partial charge in [-0.2, -0.15) is 0 Å². The number of ether oxygens (including phenoxy) is 3. The standard InChI is InChI=1S/C53H91N3O6/c1-4-7-10-13-16-19-22-25-46-60-51(57)32-28-40-55(41-29-33-52(58)61-47-26-23-20-17-14-11-8-5-2)43-31-44-56(45-39-49-35-37-50(54)38-36-49)42-30-34-53(59)62-48-27-24-21-18-15-12-9-6-3/h16-21,35-38H,4-15,22-34,39-48,54H2,1-3H3/b19-16-,20-17-,21-18-.